The summed E-state index contributed by atoms with van der Waals surface area (Å²) < 4.78 is 81.9. The average molecular weight is 232 g/mol. The zero-order valence-corrected chi connectivity index (χ0v) is 7.01. The van der Waals surface area contributed by atoms with E-state index in [0.717, 1.165) is 0 Å². The molecule has 0 fully saturated rings. The Morgan fingerprint density at radius 3 is 1.86 bits per heavy atom. The lowest BCUT2D eigenvalue weighted by Gasteiger charge is -2.00. The molecular weight excluding hydrogens is 231 g/mol. The van der Waals surface area contributed by atoms with Gasteiger partial charge in [0.1, 0.15) is 4.90 Å². The summed E-state index contributed by atoms with van der Waals surface area (Å²) in [4.78, 5) is -1.87. The second kappa shape index (κ2) is 3.19. The van der Waals surface area contributed by atoms with Crippen molar-refractivity contribution in [3.8, 4) is 0 Å². The van der Waals surface area contributed by atoms with Crippen LogP contribution < -0.4 is 0 Å². The quantitative estimate of drug-likeness (QED) is 0.321. The lowest BCUT2D eigenvalue weighted by atomic mass is 10.3. The normalized spacial score (nSPS) is 11.8. The minimum atomic E-state index is -5.62. The molecule has 1 rings (SSSR count). The van der Waals surface area contributed by atoms with Gasteiger partial charge in [-0.25, -0.2) is 17.6 Å². The van der Waals surface area contributed by atoms with Crippen LogP contribution in [0.1, 0.15) is 0 Å². The topological polar surface area (TPSA) is 34.1 Å². The van der Waals surface area contributed by atoms with E-state index in [-0.39, 0.29) is 6.07 Å². The zero-order chi connectivity index (χ0) is 11.1. The van der Waals surface area contributed by atoms with Gasteiger partial charge in [-0.1, -0.05) is 0 Å². The van der Waals surface area contributed by atoms with Gasteiger partial charge in [0, 0.05) is 6.07 Å². The molecule has 0 N–H and O–H groups in total. The van der Waals surface area contributed by atoms with Crippen molar-refractivity contribution in [2.45, 2.75) is 4.90 Å². The molecule has 8 heteroatoms. The molecule has 2 nitrogen and oxygen atoms in total. The summed E-state index contributed by atoms with van der Waals surface area (Å²) in [6.45, 7) is 0. The molecule has 0 saturated heterocycles. The first-order valence-electron chi connectivity index (χ1n) is 3.03. The van der Waals surface area contributed by atoms with Gasteiger partial charge in [0.25, 0.3) is 0 Å². The van der Waals surface area contributed by atoms with Crippen molar-refractivity contribution >= 4 is 10.2 Å². The minimum absolute atomic E-state index is 0.275. The molecule has 1 aromatic rings. The van der Waals surface area contributed by atoms with Gasteiger partial charge >= 0.3 is 10.2 Å². The van der Waals surface area contributed by atoms with E-state index >= 15 is 0 Å². The van der Waals surface area contributed by atoms with E-state index < -0.39 is 38.4 Å². The van der Waals surface area contributed by atoms with Gasteiger partial charge in [-0.3, -0.25) is 0 Å². The first-order valence-corrected chi connectivity index (χ1v) is 4.41. The Hall–Kier alpha value is -1.18. The molecule has 0 aliphatic heterocycles. The number of rotatable bonds is 1. The van der Waals surface area contributed by atoms with E-state index in [9.17, 15) is 29.9 Å². The molecule has 0 saturated carbocycles. The predicted octanol–water partition coefficient (Wildman–Crippen LogP) is 1.90. The maximum atomic E-state index is 12.5. The van der Waals surface area contributed by atoms with Crippen molar-refractivity contribution in [1.82, 2.24) is 0 Å². The molecule has 14 heavy (non-hydrogen) atoms. The van der Waals surface area contributed by atoms with Gasteiger partial charge in [0.2, 0.25) is 0 Å². The fourth-order valence-corrected chi connectivity index (χ4v) is 1.28. The highest BCUT2D eigenvalue weighted by Crippen LogP contribution is 2.23. The highest BCUT2D eigenvalue weighted by molar-refractivity contribution is 7.86. The molecule has 1 aromatic carbocycles. The zero-order valence-electron chi connectivity index (χ0n) is 6.19. The molecule has 78 valence electrons. The fraction of sp³-hybridized carbons (Fsp3) is 0. The smallest absolute Gasteiger partial charge is 0.204 e. The highest BCUT2D eigenvalue weighted by Gasteiger charge is 2.26. The van der Waals surface area contributed by atoms with Crippen LogP contribution in [0.3, 0.4) is 0 Å². The van der Waals surface area contributed by atoms with E-state index in [2.05, 4.69) is 0 Å². The molecule has 0 aliphatic carbocycles. The Balaban J connectivity index is 3.66. The monoisotopic (exact) mass is 232 g/mol. The van der Waals surface area contributed by atoms with Crippen molar-refractivity contribution in [3.05, 3.63) is 29.3 Å². The fourth-order valence-electron chi connectivity index (χ4n) is 0.729. The molecule has 0 radical (unpaired) electrons. The van der Waals surface area contributed by atoms with Crippen molar-refractivity contribution in [2.75, 3.05) is 0 Å². The third-order valence-electron chi connectivity index (χ3n) is 1.33. The summed E-state index contributed by atoms with van der Waals surface area (Å²) in [5.41, 5.74) is 0. The largest absolute Gasteiger partial charge is 0.335 e. The van der Waals surface area contributed by atoms with E-state index in [1.807, 2.05) is 0 Å². The number of hydrogen-bond acceptors (Lipinski definition) is 2. The molecular formula is C6HF5O2S. The van der Waals surface area contributed by atoms with Gasteiger partial charge in [-0.15, -0.1) is 3.89 Å². The molecule has 0 unspecified atom stereocenters. The summed E-state index contributed by atoms with van der Waals surface area (Å²) >= 11 is 0. The van der Waals surface area contributed by atoms with Gasteiger partial charge in [-0.05, 0) is 0 Å². The average Bonchev–Trinajstić information content (AvgIpc) is 2.06. The van der Waals surface area contributed by atoms with Crippen molar-refractivity contribution < 1.29 is 29.9 Å². The summed E-state index contributed by atoms with van der Waals surface area (Å²) in [6, 6.07) is -0.275. The number of halogens is 5. The minimum Gasteiger partial charge on any atom is -0.204 e. The van der Waals surface area contributed by atoms with Gasteiger partial charge in [0.05, 0.1) is 0 Å². The Bertz CT molecular complexity index is 481. The molecule has 0 bridgehead atoms. The molecule has 0 atom stereocenters. The van der Waals surface area contributed by atoms with Gasteiger partial charge in [0.15, 0.2) is 23.3 Å². The molecule has 0 heterocycles. The Kier molecular flexibility index (Phi) is 2.49. The summed E-state index contributed by atoms with van der Waals surface area (Å²) in [5.74, 6) is -8.84. The Morgan fingerprint density at radius 2 is 1.43 bits per heavy atom. The lowest BCUT2D eigenvalue weighted by molar-refractivity contribution is 0.394. The van der Waals surface area contributed by atoms with Gasteiger partial charge < -0.3 is 0 Å². The molecule has 0 aromatic heterocycles. The maximum absolute atomic E-state index is 12.5. The van der Waals surface area contributed by atoms with Crippen LogP contribution in [0.15, 0.2) is 11.0 Å². The van der Waals surface area contributed by atoms with E-state index in [0.29, 0.717) is 0 Å². The van der Waals surface area contributed by atoms with Crippen LogP contribution in [0.25, 0.3) is 0 Å². The Morgan fingerprint density at radius 1 is 0.929 bits per heavy atom. The number of benzene rings is 1. The molecule has 0 aliphatic rings. The first-order chi connectivity index (χ1) is 6.25. The van der Waals surface area contributed by atoms with Crippen molar-refractivity contribution in [1.29, 1.82) is 0 Å². The standard InChI is InChI=1S/C6HF5O2S/c7-2-1-3(14(11,12)13)5(9)6(10)4(2)8/h1H. The summed E-state index contributed by atoms with van der Waals surface area (Å²) in [5, 5.41) is 0. The number of hydrogen-bond donors (Lipinski definition) is 0. The van der Waals surface area contributed by atoms with Crippen LogP contribution in [-0.4, -0.2) is 8.42 Å². The SMILES string of the molecule is O=S(=O)(F)c1cc(F)c(F)c(F)c1F. The Labute approximate surface area is 75.2 Å². The van der Waals surface area contributed by atoms with Crippen LogP contribution in [0, 0.1) is 23.3 Å². The van der Waals surface area contributed by atoms with E-state index in [1.165, 1.54) is 0 Å². The van der Waals surface area contributed by atoms with Gasteiger partial charge in [-0.2, -0.15) is 8.42 Å². The first kappa shape index (κ1) is 10.9. The predicted molar refractivity (Wildman–Crippen MR) is 34.6 cm³/mol. The second-order valence-corrected chi connectivity index (χ2v) is 3.55. The second-order valence-electron chi connectivity index (χ2n) is 2.24. The van der Waals surface area contributed by atoms with Crippen molar-refractivity contribution in [2.24, 2.45) is 0 Å². The van der Waals surface area contributed by atoms with Crippen LogP contribution in [-0.2, 0) is 10.2 Å². The molecule has 0 spiro atoms. The van der Waals surface area contributed by atoms with Crippen LogP contribution in [0.4, 0.5) is 21.4 Å². The van der Waals surface area contributed by atoms with Crippen LogP contribution >= 0.6 is 0 Å². The van der Waals surface area contributed by atoms with Crippen LogP contribution in [0.2, 0.25) is 0 Å². The summed E-state index contributed by atoms with van der Waals surface area (Å²) in [6.07, 6.45) is 0. The summed E-state index contributed by atoms with van der Waals surface area (Å²) in [7, 11) is -5.62. The third-order valence-corrected chi connectivity index (χ3v) is 2.15. The van der Waals surface area contributed by atoms with E-state index in [1.54, 1.807) is 0 Å². The third kappa shape index (κ3) is 1.69. The molecule has 0 amide bonds. The maximum Gasteiger partial charge on any atom is 0.335 e. The van der Waals surface area contributed by atoms with E-state index in [4.69, 9.17) is 0 Å². The van der Waals surface area contributed by atoms with Crippen LogP contribution in [0.5, 0.6) is 0 Å². The highest BCUT2D eigenvalue weighted by atomic mass is 32.3. The lowest BCUT2D eigenvalue weighted by Crippen LogP contribution is -2.04. The van der Waals surface area contributed by atoms with Crippen molar-refractivity contribution in [3.63, 3.8) is 0 Å².